The molecule has 0 radical (unpaired) electrons. The van der Waals surface area contributed by atoms with E-state index in [1.165, 1.54) is 0 Å². The zero-order valence-electron chi connectivity index (χ0n) is 19.1. The molecule has 0 saturated carbocycles. The highest BCUT2D eigenvalue weighted by molar-refractivity contribution is 7.22. The molecule has 0 spiro atoms. The van der Waals surface area contributed by atoms with Crippen molar-refractivity contribution in [2.45, 2.75) is 32.3 Å². The Hall–Kier alpha value is -2.82. The number of esters is 1. The van der Waals surface area contributed by atoms with E-state index in [1.54, 1.807) is 17.7 Å². The van der Waals surface area contributed by atoms with Gasteiger partial charge >= 0.3 is 5.97 Å². The predicted octanol–water partition coefficient (Wildman–Crippen LogP) is 3.66. The fraction of sp³-hybridized carbons (Fsp3) is 0.478. The number of hydrazine groups is 1. The largest absolute Gasteiger partial charge is 0.466 e. The van der Waals surface area contributed by atoms with E-state index in [0.29, 0.717) is 19.6 Å². The molecule has 4 rings (SSSR count). The Kier molecular flexibility index (Phi) is 8.03. The van der Waals surface area contributed by atoms with Crippen molar-refractivity contribution in [3.63, 3.8) is 0 Å². The van der Waals surface area contributed by atoms with Gasteiger partial charge in [0.1, 0.15) is 17.1 Å². The number of rotatable bonds is 10. The van der Waals surface area contributed by atoms with Gasteiger partial charge in [0, 0.05) is 57.1 Å². The number of carbonyl (C=O) groups is 1. The highest BCUT2D eigenvalue weighted by Gasteiger charge is 2.27. The minimum atomic E-state index is -0.134. The first-order chi connectivity index (χ1) is 16.2. The van der Waals surface area contributed by atoms with E-state index in [0.717, 1.165) is 59.1 Å². The van der Waals surface area contributed by atoms with Gasteiger partial charge in [-0.1, -0.05) is 6.07 Å². The van der Waals surface area contributed by atoms with Gasteiger partial charge in [0.05, 0.1) is 29.5 Å². The summed E-state index contributed by atoms with van der Waals surface area (Å²) in [5.74, 6) is 0.700. The van der Waals surface area contributed by atoms with Crippen molar-refractivity contribution < 1.29 is 14.3 Å². The van der Waals surface area contributed by atoms with Crippen molar-refractivity contribution in [3.8, 4) is 0 Å². The third kappa shape index (κ3) is 5.95. The first kappa shape index (κ1) is 23.3. The van der Waals surface area contributed by atoms with Gasteiger partial charge in [-0.3, -0.25) is 9.80 Å². The number of morpholine rings is 1. The quantitative estimate of drug-likeness (QED) is 0.352. The summed E-state index contributed by atoms with van der Waals surface area (Å²) in [5, 5.41) is 8.81. The monoisotopic (exact) mass is 470 g/mol. The molecule has 4 heterocycles. The SMILES string of the molecule is CCOC(=O)CCCCN(c1cc2ncncc2s1)N1CCOC(c2ccc(NC)nc2)C1. The van der Waals surface area contributed by atoms with Crippen molar-refractivity contribution >= 4 is 38.3 Å². The maximum absolute atomic E-state index is 11.7. The summed E-state index contributed by atoms with van der Waals surface area (Å²) in [6.45, 7) is 5.19. The number of nitrogens with one attached hydrogen (secondary N) is 1. The molecule has 1 N–H and O–H groups in total. The molecule has 1 saturated heterocycles. The minimum absolute atomic E-state index is 0.0617. The van der Waals surface area contributed by atoms with Gasteiger partial charge in [0.15, 0.2) is 0 Å². The van der Waals surface area contributed by atoms with Crippen molar-refractivity contribution in [1.29, 1.82) is 0 Å². The molecule has 176 valence electrons. The Labute approximate surface area is 197 Å². The molecule has 1 fully saturated rings. The molecule has 0 bridgehead atoms. The lowest BCUT2D eigenvalue weighted by molar-refractivity contribution is -0.143. The molecule has 9 nitrogen and oxygen atoms in total. The maximum atomic E-state index is 11.7. The summed E-state index contributed by atoms with van der Waals surface area (Å²) in [7, 11) is 1.86. The van der Waals surface area contributed by atoms with Crippen molar-refractivity contribution in [2.75, 3.05) is 50.2 Å². The van der Waals surface area contributed by atoms with E-state index < -0.39 is 0 Å². The van der Waals surface area contributed by atoms with Crippen LogP contribution in [-0.2, 0) is 14.3 Å². The maximum Gasteiger partial charge on any atom is 0.305 e. The van der Waals surface area contributed by atoms with Crippen LogP contribution in [0.2, 0.25) is 0 Å². The molecule has 1 atom stereocenters. The van der Waals surface area contributed by atoms with E-state index in [1.807, 2.05) is 32.4 Å². The fourth-order valence-corrected chi connectivity index (χ4v) is 4.89. The summed E-state index contributed by atoms with van der Waals surface area (Å²) >= 11 is 1.68. The zero-order chi connectivity index (χ0) is 23.0. The third-order valence-electron chi connectivity index (χ3n) is 5.54. The average molecular weight is 471 g/mol. The molecule has 1 unspecified atom stereocenters. The number of pyridine rings is 1. The molecule has 1 aliphatic rings. The number of fused-ring (bicyclic) bond motifs is 1. The van der Waals surface area contributed by atoms with Crippen LogP contribution in [-0.4, -0.2) is 65.8 Å². The fourth-order valence-electron chi connectivity index (χ4n) is 3.85. The van der Waals surface area contributed by atoms with E-state index in [4.69, 9.17) is 9.47 Å². The lowest BCUT2D eigenvalue weighted by Crippen LogP contribution is -2.50. The first-order valence-electron chi connectivity index (χ1n) is 11.3. The highest BCUT2D eigenvalue weighted by Crippen LogP contribution is 2.34. The Balaban J connectivity index is 1.49. The van der Waals surface area contributed by atoms with E-state index in [2.05, 4.69) is 42.4 Å². The van der Waals surface area contributed by atoms with Crippen molar-refractivity contribution in [3.05, 3.63) is 42.5 Å². The number of hydrogen-bond acceptors (Lipinski definition) is 10. The van der Waals surface area contributed by atoms with Crippen LogP contribution < -0.4 is 10.3 Å². The number of thiophene rings is 1. The molecule has 0 aromatic carbocycles. The lowest BCUT2D eigenvalue weighted by Gasteiger charge is -2.41. The van der Waals surface area contributed by atoms with E-state index >= 15 is 0 Å². The van der Waals surface area contributed by atoms with Crippen LogP contribution in [0.5, 0.6) is 0 Å². The number of unbranched alkanes of at least 4 members (excludes halogenated alkanes) is 1. The Morgan fingerprint density at radius 2 is 2.24 bits per heavy atom. The molecule has 33 heavy (non-hydrogen) atoms. The molecule has 0 amide bonds. The first-order valence-corrected chi connectivity index (χ1v) is 12.1. The Bertz CT molecular complexity index is 1010. The van der Waals surface area contributed by atoms with Crippen LogP contribution in [0.4, 0.5) is 10.8 Å². The lowest BCUT2D eigenvalue weighted by atomic mass is 10.1. The molecular formula is C23H30N6O3S. The van der Waals surface area contributed by atoms with Gasteiger partial charge < -0.3 is 14.8 Å². The summed E-state index contributed by atoms with van der Waals surface area (Å²) in [5.41, 5.74) is 2.00. The number of ether oxygens (including phenoxy) is 2. The minimum Gasteiger partial charge on any atom is -0.466 e. The van der Waals surface area contributed by atoms with Crippen LogP contribution in [0, 0.1) is 0 Å². The van der Waals surface area contributed by atoms with Crippen LogP contribution in [0.25, 0.3) is 10.2 Å². The standard InChI is InChI=1S/C23H30N6O3S/c1-3-31-23(30)6-4-5-9-29(22-12-18-20(33-22)14-25-16-27-18)28-10-11-32-19(15-28)17-7-8-21(24-2)26-13-17/h7-8,12-14,16,19H,3-6,9-11,15H2,1-2H3,(H,24,26). The van der Waals surface area contributed by atoms with Crippen LogP contribution in [0.15, 0.2) is 36.9 Å². The molecule has 3 aromatic heterocycles. The Morgan fingerprint density at radius 1 is 1.33 bits per heavy atom. The second kappa shape index (κ2) is 11.4. The van der Waals surface area contributed by atoms with E-state index in [9.17, 15) is 4.79 Å². The second-order valence-electron chi connectivity index (χ2n) is 7.74. The van der Waals surface area contributed by atoms with Crippen molar-refractivity contribution in [2.24, 2.45) is 0 Å². The predicted molar refractivity (Wildman–Crippen MR) is 129 cm³/mol. The normalized spacial score (nSPS) is 16.6. The van der Waals surface area contributed by atoms with Gasteiger partial charge in [-0.15, -0.1) is 11.3 Å². The molecule has 10 heteroatoms. The number of hydrogen-bond donors (Lipinski definition) is 1. The summed E-state index contributed by atoms with van der Waals surface area (Å²) in [6, 6.07) is 6.14. The smallest absolute Gasteiger partial charge is 0.305 e. The van der Waals surface area contributed by atoms with Gasteiger partial charge in [-0.05, 0) is 25.8 Å². The molecule has 3 aromatic rings. The number of carbonyl (C=O) groups excluding carboxylic acids is 1. The summed E-state index contributed by atoms with van der Waals surface area (Å²) in [4.78, 5) is 24.7. The van der Waals surface area contributed by atoms with Crippen LogP contribution >= 0.6 is 11.3 Å². The van der Waals surface area contributed by atoms with Gasteiger partial charge in [-0.25, -0.2) is 20.0 Å². The number of nitrogens with zero attached hydrogens (tertiary/aromatic N) is 5. The van der Waals surface area contributed by atoms with Gasteiger partial charge in [0.2, 0.25) is 0 Å². The van der Waals surface area contributed by atoms with Crippen molar-refractivity contribution in [1.82, 2.24) is 20.0 Å². The zero-order valence-corrected chi connectivity index (χ0v) is 19.9. The topological polar surface area (TPSA) is 92.7 Å². The van der Waals surface area contributed by atoms with Crippen LogP contribution in [0.3, 0.4) is 0 Å². The highest BCUT2D eigenvalue weighted by atomic mass is 32.1. The molecule has 0 aliphatic carbocycles. The third-order valence-corrected chi connectivity index (χ3v) is 6.62. The average Bonchev–Trinajstić information content (AvgIpc) is 3.28. The van der Waals surface area contributed by atoms with Gasteiger partial charge in [0.25, 0.3) is 0 Å². The van der Waals surface area contributed by atoms with Gasteiger partial charge in [-0.2, -0.15) is 0 Å². The number of aromatic nitrogens is 3. The summed E-state index contributed by atoms with van der Waals surface area (Å²) in [6.07, 6.45) is 7.34. The second-order valence-corrected chi connectivity index (χ2v) is 8.80. The Morgan fingerprint density at radius 3 is 3.00 bits per heavy atom. The molecular weight excluding hydrogens is 440 g/mol. The van der Waals surface area contributed by atoms with Crippen LogP contribution in [0.1, 0.15) is 37.9 Å². The number of anilines is 2. The molecule has 1 aliphatic heterocycles. The summed E-state index contributed by atoms with van der Waals surface area (Å²) < 4.78 is 12.2. The van der Waals surface area contributed by atoms with E-state index in [-0.39, 0.29) is 12.1 Å².